The second-order valence-electron chi connectivity index (χ2n) is 4.88. The fraction of sp³-hybridized carbons (Fsp3) is 0.429. The molecule has 1 N–H and O–H groups in total. The maximum atomic E-state index is 12.1. The van der Waals surface area contributed by atoms with Gasteiger partial charge in [0.25, 0.3) is 0 Å². The number of hydrogen-bond donors (Lipinski definition) is 1. The summed E-state index contributed by atoms with van der Waals surface area (Å²) in [5.41, 5.74) is 0.921. The second-order valence-corrected chi connectivity index (χ2v) is 6.77. The van der Waals surface area contributed by atoms with Gasteiger partial charge < -0.3 is 10.2 Å². The molecule has 21 heavy (non-hydrogen) atoms. The first-order valence-corrected chi connectivity index (χ1v) is 8.47. The molecule has 0 radical (unpaired) electrons. The Kier molecular flexibility index (Phi) is 6.36. The molecule has 2 amide bonds. The number of rotatable bonds is 5. The highest BCUT2D eigenvalue weighted by molar-refractivity contribution is 7.84. The Morgan fingerprint density at radius 3 is 2.52 bits per heavy atom. The first-order chi connectivity index (χ1) is 9.72. The van der Waals surface area contributed by atoms with Crippen LogP contribution in [0.15, 0.2) is 18.2 Å². The lowest BCUT2D eigenvalue weighted by Crippen LogP contribution is -2.40. The van der Waals surface area contributed by atoms with Crippen LogP contribution in [-0.4, -0.2) is 46.0 Å². The number of benzene rings is 1. The summed E-state index contributed by atoms with van der Waals surface area (Å²) in [4.78, 5) is 24.8. The van der Waals surface area contributed by atoms with Gasteiger partial charge in [0.1, 0.15) is 0 Å². The van der Waals surface area contributed by atoms with Gasteiger partial charge in [0.05, 0.1) is 5.02 Å². The zero-order valence-corrected chi connectivity index (χ0v) is 14.0. The summed E-state index contributed by atoms with van der Waals surface area (Å²) in [5, 5.41) is 2.99. The van der Waals surface area contributed by atoms with Gasteiger partial charge >= 0.3 is 6.03 Å². The molecule has 0 aliphatic carbocycles. The Balaban J connectivity index is 2.77. The minimum absolute atomic E-state index is 0.131. The van der Waals surface area contributed by atoms with E-state index in [1.54, 1.807) is 25.4 Å². The van der Waals surface area contributed by atoms with E-state index >= 15 is 0 Å². The maximum absolute atomic E-state index is 12.1. The van der Waals surface area contributed by atoms with E-state index in [2.05, 4.69) is 5.32 Å². The fourth-order valence-corrected chi connectivity index (χ4v) is 2.96. The molecule has 0 heterocycles. The van der Waals surface area contributed by atoms with Crippen molar-refractivity contribution in [2.75, 3.05) is 24.4 Å². The van der Waals surface area contributed by atoms with Crippen LogP contribution in [0, 0.1) is 0 Å². The Morgan fingerprint density at radius 1 is 1.43 bits per heavy atom. The molecule has 5 nitrogen and oxygen atoms in total. The third-order valence-corrected chi connectivity index (χ3v) is 4.32. The van der Waals surface area contributed by atoms with Crippen LogP contribution in [0.25, 0.3) is 0 Å². The average Bonchev–Trinajstić information content (AvgIpc) is 2.36. The van der Waals surface area contributed by atoms with E-state index in [0.29, 0.717) is 22.0 Å². The molecule has 0 saturated heterocycles. The molecule has 1 aromatic rings. The lowest BCUT2D eigenvalue weighted by atomic mass is 10.1. The summed E-state index contributed by atoms with van der Waals surface area (Å²) in [6.07, 6.45) is 1.60. The smallest absolute Gasteiger partial charge is 0.321 e. The Hall–Kier alpha value is -1.40. The van der Waals surface area contributed by atoms with Gasteiger partial charge in [0, 0.05) is 47.1 Å². The predicted molar refractivity (Wildman–Crippen MR) is 86.6 cm³/mol. The SMILES string of the molecule is CC(=O)c1ccc(NC(=O)N(C)[C@H](C)C[S@](C)=O)cc1Cl. The molecule has 116 valence electrons. The van der Waals surface area contributed by atoms with Gasteiger partial charge in [-0.15, -0.1) is 0 Å². The van der Waals surface area contributed by atoms with Gasteiger partial charge in [-0.3, -0.25) is 9.00 Å². The lowest BCUT2D eigenvalue weighted by molar-refractivity contribution is 0.101. The molecular weight excluding hydrogens is 312 g/mol. The molecule has 1 aromatic carbocycles. The molecule has 7 heteroatoms. The highest BCUT2D eigenvalue weighted by atomic mass is 35.5. The molecular formula is C14H19ClN2O3S. The van der Waals surface area contributed by atoms with E-state index in [0.717, 1.165) is 0 Å². The molecule has 1 rings (SSSR count). The van der Waals surface area contributed by atoms with Crippen molar-refractivity contribution in [2.45, 2.75) is 19.9 Å². The van der Waals surface area contributed by atoms with E-state index in [1.165, 1.54) is 17.9 Å². The average molecular weight is 331 g/mol. The highest BCUT2D eigenvalue weighted by Gasteiger charge is 2.17. The predicted octanol–water partition coefficient (Wildman–Crippen LogP) is 2.77. The van der Waals surface area contributed by atoms with Crippen molar-refractivity contribution >= 4 is 39.9 Å². The number of hydrogen-bond acceptors (Lipinski definition) is 3. The van der Waals surface area contributed by atoms with Crippen molar-refractivity contribution in [1.82, 2.24) is 4.90 Å². The van der Waals surface area contributed by atoms with E-state index < -0.39 is 10.8 Å². The van der Waals surface area contributed by atoms with Crippen LogP contribution >= 0.6 is 11.6 Å². The number of anilines is 1. The van der Waals surface area contributed by atoms with Crippen LogP contribution in [0.5, 0.6) is 0 Å². The molecule has 0 unspecified atom stereocenters. The van der Waals surface area contributed by atoms with E-state index in [9.17, 15) is 13.8 Å². The van der Waals surface area contributed by atoms with E-state index in [-0.39, 0.29) is 17.9 Å². The van der Waals surface area contributed by atoms with E-state index in [1.807, 2.05) is 6.92 Å². The molecule has 2 atom stereocenters. The van der Waals surface area contributed by atoms with Crippen molar-refractivity contribution in [3.05, 3.63) is 28.8 Å². The lowest BCUT2D eigenvalue weighted by Gasteiger charge is -2.24. The molecule has 0 aromatic heterocycles. The summed E-state index contributed by atoms with van der Waals surface area (Å²) >= 11 is 5.99. The summed E-state index contributed by atoms with van der Waals surface area (Å²) in [6.45, 7) is 3.26. The van der Waals surface area contributed by atoms with Crippen molar-refractivity contribution in [3.8, 4) is 0 Å². The second kappa shape index (κ2) is 7.56. The fourth-order valence-electron chi connectivity index (χ4n) is 1.74. The van der Waals surface area contributed by atoms with E-state index in [4.69, 9.17) is 11.6 Å². The van der Waals surface area contributed by atoms with Crippen LogP contribution in [0.4, 0.5) is 10.5 Å². The van der Waals surface area contributed by atoms with Crippen molar-refractivity contribution in [1.29, 1.82) is 0 Å². The topological polar surface area (TPSA) is 66.5 Å². The highest BCUT2D eigenvalue weighted by Crippen LogP contribution is 2.21. The zero-order chi connectivity index (χ0) is 16.2. The van der Waals surface area contributed by atoms with Crippen LogP contribution in [-0.2, 0) is 10.8 Å². The first-order valence-electron chi connectivity index (χ1n) is 6.36. The minimum Gasteiger partial charge on any atom is -0.324 e. The largest absolute Gasteiger partial charge is 0.324 e. The number of Topliss-reactive ketones (excluding diaryl/α,β-unsaturated/α-hetero) is 1. The molecule has 0 bridgehead atoms. The summed E-state index contributed by atoms with van der Waals surface area (Å²) < 4.78 is 11.2. The number of amides is 2. The van der Waals surface area contributed by atoms with Crippen molar-refractivity contribution < 1.29 is 13.8 Å². The van der Waals surface area contributed by atoms with Gasteiger partial charge in [0.15, 0.2) is 5.78 Å². The molecule has 0 aliphatic rings. The van der Waals surface area contributed by atoms with Gasteiger partial charge in [0.2, 0.25) is 0 Å². The molecule has 0 saturated carbocycles. The first kappa shape index (κ1) is 17.7. The summed E-state index contributed by atoms with van der Waals surface area (Å²) in [5.74, 6) is 0.280. The standard InChI is InChI=1S/C14H19ClN2O3S/c1-9(8-21(4)20)17(3)14(19)16-11-5-6-12(10(2)18)13(15)7-11/h5-7,9H,8H2,1-4H3,(H,16,19)/t9-,21+/m1/s1. The summed E-state index contributed by atoms with van der Waals surface area (Å²) in [6, 6.07) is 4.26. The number of nitrogens with zero attached hydrogens (tertiary/aromatic N) is 1. The van der Waals surface area contributed by atoms with Gasteiger partial charge in [-0.05, 0) is 32.0 Å². The quantitative estimate of drug-likeness (QED) is 0.844. The molecule has 0 fully saturated rings. The minimum atomic E-state index is -0.972. The van der Waals surface area contributed by atoms with Crippen LogP contribution in [0.3, 0.4) is 0 Å². The van der Waals surface area contributed by atoms with Gasteiger partial charge in [-0.25, -0.2) is 4.79 Å². The van der Waals surface area contributed by atoms with Gasteiger partial charge in [-0.1, -0.05) is 11.6 Å². The number of halogens is 1. The molecule has 0 aliphatic heterocycles. The number of carbonyl (C=O) groups is 2. The normalized spacial score (nSPS) is 13.4. The Labute approximate surface area is 132 Å². The number of nitrogens with one attached hydrogen (secondary N) is 1. The van der Waals surface area contributed by atoms with Crippen LogP contribution < -0.4 is 5.32 Å². The zero-order valence-electron chi connectivity index (χ0n) is 12.5. The van der Waals surface area contributed by atoms with Crippen LogP contribution in [0.1, 0.15) is 24.2 Å². The monoisotopic (exact) mass is 330 g/mol. The van der Waals surface area contributed by atoms with Gasteiger partial charge in [-0.2, -0.15) is 0 Å². The Bertz CT molecular complexity index is 577. The van der Waals surface area contributed by atoms with Crippen molar-refractivity contribution in [2.24, 2.45) is 0 Å². The Morgan fingerprint density at radius 2 is 2.05 bits per heavy atom. The number of urea groups is 1. The van der Waals surface area contributed by atoms with Crippen molar-refractivity contribution in [3.63, 3.8) is 0 Å². The summed E-state index contributed by atoms with van der Waals surface area (Å²) in [7, 11) is 0.666. The third kappa shape index (κ3) is 5.13. The number of ketones is 1. The number of carbonyl (C=O) groups excluding carboxylic acids is 2. The third-order valence-electron chi connectivity index (χ3n) is 3.06. The molecule has 0 spiro atoms. The van der Waals surface area contributed by atoms with Crippen LogP contribution in [0.2, 0.25) is 5.02 Å². The maximum Gasteiger partial charge on any atom is 0.321 e.